The third kappa shape index (κ3) is 3.33. The van der Waals surface area contributed by atoms with E-state index in [0.717, 1.165) is 29.7 Å². The van der Waals surface area contributed by atoms with Crippen LogP contribution in [0, 0.1) is 0 Å². The van der Waals surface area contributed by atoms with Crippen LogP contribution in [0.1, 0.15) is 32.3 Å². The fourth-order valence-electron chi connectivity index (χ4n) is 1.20. The van der Waals surface area contributed by atoms with Gasteiger partial charge in [0, 0.05) is 0 Å². The lowest BCUT2D eigenvalue weighted by molar-refractivity contribution is 0.307. The van der Waals surface area contributed by atoms with Crippen LogP contribution in [0.15, 0.2) is 22.7 Å². The van der Waals surface area contributed by atoms with Gasteiger partial charge in [-0.05, 0) is 46.5 Å². The molecule has 0 saturated heterocycles. The minimum atomic E-state index is 0.808. The van der Waals surface area contributed by atoms with E-state index in [1.54, 1.807) is 0 Å². The number of hydrogen-bond donors (Lipinski definition) is 0. The minimum Gasteiger partial charge on any atom is -0.492 e. The molecule has 78 valence electrons. The Hall–Kier alpha value is -0.500. The SMILES string of the molecule is CCCCOc1cc(CC)ccc1Br. The molecular weight excluding hydrogens is 240 g/mol. The second-order valence-corrected chi connectivity index (χ2v) is 4.17. The van der Waals surface area contributed by atoms with Gasteiger partial charge in [0.1, 0.15) is 5.75 Å². The fraction of sp³-hybridized carbons (Fsp3) is 0.500. The van der Waals surface area contributed by atoms with Crippen LogP contribution >= 0.6 is 15.9 Å². The van der Waals surface area contributed by atoms with Crippen LogP contribution in [0.3, 0.4) is 0 Å². The summed E-state index contributed by atoms with van der Waals surface area (Å²) in [6.45, 7) is 5.13. The van der Waals surface area contributed by atoms with Gasteiger partial charge in [-0.25, -0.2) is 0 Å². The molecule has 0 saturated carbocycles. The van der Waals surface area contributed by atoms with E-state index in [2.05, 4.69) is 48.0 Å². The molecule has 1 aromatic rings. The van der Waals surface area contributed by atoms with E-state index in [4.69, 9.17) is 4.74 Å². The number of rotatable bonds is 5. The van der Waals surface area contributed by atoms with Gasteiger partial charge in [0.15, 0.2) is 0 Å². The van der Waals surface area contributed by atoms with Crippen LogP contribution in [-0.2, 0) is 6.42 Å². The van der Waals surface area contributed by atoms with Crippen molar-refractivity contribution < 1.29 is 4.74 Å². The average Bonchev–Trinajstić information content (AvgIpc) is 2.21. The van der Waals surface area contributed by atoms with E-state index in [1.165, 1.54) is 12.0 Å². The Morgan fingerprint density at radius 2 is 2.07 bits per heavy atom. The molecule has 0 atom stereocenters. The van der Waals surface area contributed by atoms with E-state index in [0.29, 0.717) is 0 Å². The first-order chi connectivity index (χ1) is 6.77. The van der Waals surface area contributed by atoms with E-state index < -0.39 is 0 Å². The molecule has 0 unspecified atom stereocenters. The van der Waals surface area contributed by atoms with Crippen LogP contribution in [0.4, 0.5) is 0 Å². The summed E-state index contributed by atoms with van der Waals surface area (Å²) in [4.78, 5) is 0. The number of hydrogen-bond acceptors (Lipinski definition) is 1. The number of halogens is 1. The van der Waals surface area contributed by atoms with Crippen LogP contribution < -0.4 is 4.74 Å². The highest BCUT2D eigenvalue weighted by molar-refractivity contribution is 9.10. The van der Waals surface area contributed by atoms with E-state index in [1.807, 2.05) is 0 Å². The summed E-state index contributed by atoms with van der Waals surface area (Å²) in [5.41, 5.74) is 1.32. The maximum absolute atomic E-state index is 5.67. The largest absolute Gasteiger partial charge is 0.492 e. The lowest BCUT2D eigenvalue weighted by atomic mass is 10.2. The Kier molecular flexibility index (Phi) is 5.02. The molecule has 1 aromatic carbocycles. The minimum absolute atomic E-state index is 0.808. The van der Waals surface area contributed by atoms with Crippen molar-refractivity contribution >= 4 is 15.9 Å². The molecule has 0 aliphatic rings. The van der Waals surface area contributed by atoms with Crippen LogP contribution in [0.25, 0.3) is 0 Å². The molecule has 0 spiro atoms. The maximum Gasteiger partial charge on any atom is 0.133 e. The third-order valence-electron chi connectivity index (χ3n) is 2.16. The third-order valence-corrected chi connectivity index (χ3v) is 2.81. The second-order valence-electron chi connectivity index (χ2n) is 3.32. The highest BCUT2D eigenvalue weighted by Gasteiger charge is 2.01. The number of ether oxygens (including phenoxy) is 1. The maximum atomic E-state index is 5.67. The van der Waals surface area contributed by atoms with Gasteiger partial charge in [0.25, 0.3) is 0 Å². The summed E-state index contributed by atoms with van der Waals surface area (Å²) >= 11 is 3.49. The fourth-order valence-corrected chi connectivity index (χ4v) is 1.57. The normalized spacial score (nSPS) is 10.2. The second kappa shape index (κ2) is 6.07. The van der Waals surface area contributed by atoms with Gasteiger partial charge in [-0.1, -0.05) is 26.3 Å². The molecule has 0 N–H and O–H groups in total. The van der Waals surface area contributed by atoms with Crippen molar-refractivity contribution in [1.29, 1.82) is 0 Å². The topological polar surface area (TPSA) is 9.23 Å². The first-order valence-corrected chi connectivity index (χ1v) is 5.98. The standard InChI is InChI=1S/C12H17BrO/c1-3-5-8-14-12-9-10(4-2)6-7-11(12)13/h6-7,9H,3-5,8H2,1-2H3. The summed E-state index contributed by atoms with van der Waals surface area (Å²) in [5.74, 6) is 0.970. The highest BCUT2D eigenvalue weighted by Crippen LogP contribution is 2.26. The van der Waals surface area contributed by atoms with E-state index >= 15 is 0 Å². The molecule has 0 heterocycles. The number of benzene rings is 1. The van der Waals surface area contributed by atoms with Crippen molar-refractivity contribution in [3.8, 4) is 5.75 Å². The molecule has 0 aliphatic heterocycles. The summed E-state index contributed by atoms with van der Waals surface area (Å²) < 4.78 is 6.72. The van der Waals surface area contributed by atoms with Gasteiger partial charge in [-0.3, -0.25) is 0 Å². The molecule has 1 rings (SSSR count). The van der Waals surface area contributed by atoms with Gasteiger partial charge in [-0.2, -0.15) is 0 Å². The van der Waals surface area contributed by atoms with Crippen molar-refractivity contribution in [2.24, 2.45) is 0 Å². The average molecular weight is 257 g/mol. The van der Waals surface area contributed by atoms with E-state index in [-0.39, 0.29) is 0 Å². The zero-order valence-corrected chi connectivity index (χ0v) is 10.4. The summed E-state index contributed by atoms with van der Waals surface area (Å²) in [7, 11) is 0. The Balaban J connectivity index is 2.64. The predicted octanol–water partition coefficient (Wildman–Crippen LogP) is 4.19. The molecule has 0 amide bonds. The smallest absolute Gasteiger partial charge is 0.133 e. The molecule has 2 heteroatoms. The lowest BCUT2D eigenvalue weighted by Gasteiger charge is -2.08. The molecule has 0 radical (unpaired) electrons. The van der Waals surface area contributed by atoms with Gasteiger partial charge in [0.2, 0.25) is 0 Å². The van der Waals surface area contributed by atoms with Crippen molar-refractivity contribution in [3.63, 3.8) is 0 Å². The van der Waals surface area contributed by atoms with Crippen LogP contribution in [-0.4, -0.2) is 6.61 Å². The summed E-state index contributed by atoms with van der Waals surface area (Å²) in [6, 6.07) is 6.29. The Labute approximate surface area is 94.6 Å². The Bertz CT molecular complexity index is 284. The van der Waals surface area contributed by atoms with Crippen molar-refractivity contribution in [3.05, 3.63) is 28.2 Å². The predicted molar refractivity (Wildman–Crippen MR) is 63.9 cm³/mol. The lowest BCUT2D eigenvalue weighted by Crippen LogP contribution is -1.97. The highest BCUT2D eigenvalue weighted by atomic mass is 79.9. The number of unbranched alkanes of at least 4 members (excludes halogenated alkanes) is 1. The Morgan fingerprint density at radius 1 is 1.29 bits per heavy atom. The van der Waals surface area contributed by atoms with Crippen molar-refractivity contribution in [2.75, 3.05) is 6.61 Å². The monoisotopic (exact) mass is 256 g/mol. The van der Waals surface area contributed by atoms with Gasteiger partial charge in [-0.15, -0.1) is 0 Å². The quantitative estimate of drug-likeness (QED) is 0.718. The van der Waals surface area contributed by atoms with Crippen molar-refractivity contribution in [1.82, 2.24) is 0 Å². The van der Waals surface area contributed by atoms with Gasteiger partial charge < -0.3 is 4.74 Å². The summed E-state index contributed by atoms with van der Waals surface area (Å²) in [5, 5.41) is 0. The van der Waals surface area contributed by atoms with Crippen LogP contribution in [0.2, 0.25) is 0 Å². The summed E-state index contributed by atoms with van der Waals surface area (Å²) in [6.07, 6.45) is 3.34. The molecule has 1 nitrogen and oxygen atoms in total. The van der Waals surface area contributed by atoms with Gasteiger partial charge in [0.05, 0.1) is 11.1 Å². The molecule has 0 aliphatic carbocycles. The molecular formula is C12H17BrO. The van der Waals surface area contributed by atoms with Crippen molar-refractivity contribution in [2.45, 2.75) is 33.1 Å². The Morgan fingerprint density at radius 3 is 2.71 bits per heavy atom. The number of aryl methyl sites for hydroxylation is 1. The molecule has 14 heavy (non-hydrogen) atoms. The first kappa shape index (κ1) is 11.6. The van der Waals surface area contributed by atoms with Crippen LogP contribution in [0.5, 0.6) is 5.75 Å². The zero-order chi connectivity index (χ0) is 10.4. The molecule has 0 aromatic heterocycles. The molecule has 0 fully saturated rings. The van der Waals surface area contributed by atoms with Gasteiger partial charge >= 0.3 is 0 Å². The molecule has 0 bridgehead atoms. The van der Waals surface area contributed by atoms with E-state index in [9.17, 15) is 0 Å². The first-order valence-electron chi connectivity index (χ1n) is 5.19. The zero-order valence-electron chi connectivity index (χ0n) is 8.85.